The Morgan fingerprint density at radius 2 is 2.00 bits per heavy atom. The first-order valence-corrected chi connectivity index (χ1v) is 6.13. The van der Waals surface area contributed by atoms with Gasteiger partial charge in [0.2, 0.25) is 0 Å². The van der Waals surface area contributed by atoms with E-state index >= 15 is 0 Å². The smallest absolute Gasteiger partial charge is 0.147 e. The number of methoxy groups -OCH3 is 1. The van der Waals surface area contributed by atoms with Crippen LogP contribution in [0, 0.1) is 0 Å². The molecule has 0 spiro atoms. The molecule has 0 saturated carbocycles. The Labute approximate surface area is 79.3 Å². The van der Waals surface area contributed by atoms with Gasteiger partial charge in [-0.05, 0) is 6.42 Å². The summed E-state index contributed by atoms with van der Waals surface area (Å²) in [4.78, 5) is 4.92. The summed E-state index contributed by atoms with van der Waals surface area (Å²) in [6, 6.07) is 0. The van der Waals surface area contributed by atoms with Crippen LogP contribution in [0.3, 0.4) is 0 Å². The minimum Gasteiger partial charge on any atom is -0.382 e. The number of sulfone groups is 1. The van der Waals surface area contributed by atoms with Gasteiger partial charge in [-0.1, -0.05) is 0 Å². The third-order valence-electron chi connectivity index (χ3n) is 1.29. The van der Waals surface area contributed by atoms with Crippen molar-refractivity contribution in [1.29, 1.82) is 0 Å². The van der Waals surface area contributed by atoms with Gasteiger partial charge in [-0.3, -0.25) is 4.84 Å². The fourth-order valence-electron chi connectivity index (χ4n) is 0.676. The van der Waals surface area contributed by atoms with Crippen LogP contribution < -0.4 is 5.48 Å². The Bertz CT molecular complexity index is 203. The fraction of sp³-hybridized carbons (Fsp3) is 1.00. The van der Waals surface area contributed by atoms with Crippen molar-refractivity contribution in [3.8, 4) is 0 Å². The van der Waals surface area contributed by atoms with Crippen molar-refractivity contribution in [3.63, 3.8) is 0 Å². The second-order valence-electron chi connectivity index (χ2n) is 2.72. The number of nitrogens with one attached hydrogen (secondary N) is 1. The average molecular weight is 211 g/mol. The molecular formula is C7H17NO4S. The van der Waals surface area contributed by atoms with Gasteiger partial charge in [0, 0.05) is 19.9 Å². The van der Waals surface area contributed by atoms with Gasteiger partial charge in [0.1, 0.15) is 9.84 Å². The molecule has 1 N–H and O–H groups in total. The standard InChI is InChI=1S/C7H17NO4S/c1-11-5-6-12-8-4-3-7-13(2,9)10/h8H,3-7H2,1-2H3. The predicted octanol–water partition coefficient (Wildman–Crippen LogP) is -0.411. The van der Waals surface area contributed by atoms with E-state index in [1.165, 1.54) is 6.26 Å². The number of hydrogen-bond donors (Lipinski definition) is 1. The monoisotopic (exact) mass is 211 g/mol. The van der Waals surface area contributed by atoms with Gasteiger partial charge in [-0.15, -0.1) is 0 Å². The summed E-state index contributed by atoms with van der Waals surface area (Å²) in [5, 5.41) is 0. The first kappa shape index (κ1) is 12.8. The minimum atomic E-state index is -2.84. The maximum absolute atomic E-state index is 10.7. The molecule has 80 valence electrons. The summed E-state index contributed by atoms with van der Waals surface area (Å²) >= 11 is 0. The molecule has 0 heterocycles. The second-order valence-corrected chi connectivity index (χ2v) is 4.98. The Morgan fingerprint density at radius 1 is 1.31 bits per heavy atom. The molecule has 0 unspecified atom stereocenters. The van der Waals surface area contributed by atoms with Crippen molar-refractivity contribution in [2.75, 3.05) is 38.9 Å². The van der Waals surface area contributed by atoms with E-state index in [-0.39, 0.29) is 5.75 Å². The molecule has 0 amide bonds. The summed E-state index contributed by atoms with van der Waals surface area (Å²) in [6.07, 6.45) is 1.78. The molecule has 0 aliphatic carbocycles. The van der Waals surface area contributed by atoms with Crippen molar-refractivity contribution in [2.24, 2.45) is 0 Å². The molecule has 0 radical (unpaired) electrons. The van der Waals surface area contributed by atoms with Crippen molar-refractivity contribution in [2.45, 2.75) is 6.42 Å². The predicted molar refractivity (Wildman–Crippen MR) is 50.2 cm³/mol. The van der Waals surface area contributed by atoms with Crippen LogP contribution in [0.1, 0.15) is 6.42 Å². The number of hydrogen-bond acceptors (Lipinski definition) is 5. The maximum atomic E-state index is 10.7. The highest BCUT2D eigenvalue weighted by Gasteiger charge is 2.00. The highest BCUT2D eigenvalue weighted by molar-refractivity contribution is 7.90. The van der Waals surface area contributed by atoms with Crippen molar-refractivity contribution in [3.05, 3.63) is 0 Å². The van der Waals surface area contributed by atoms with Gasteiger partial charge in [0.05, 0.1) is 19.0 Å². The van der Waals surface area contributed by atoms with Crippen molar-refractivity contribution in [1.82, 2.24) is 5.48 Å². The average Bonchev–Trinajstić information content (AvgIpc) is 2.01. The van der Waals surface area contributed by atoms with E-state index in [4.69, 9.17) is 9.57 Å². The molecule has 0 rings (SSSR count). The molecule has 13 heavy (non-hydrogen) atoms. The largest absolute Gasteiger partial charge is 0.382 e. The van der Waals surface area contributed by atoms with E-state index in [2.05, 4.69) is 5.48 Å². The molecule has 6 heteroatoms. The molecule has 0 aliphatic heterocycles. The van der Waals surface area contributed by atoms with E-state index in [9.17, 15) is 8.42 Å². The lowest BCUT2D eigenvalue weighted by Crippen LogP contribution is -2.20. The topological polar surface area (TPSA) is 64.6 Å². The summed E-state index contributed by atoms with van der Waals surface area (Å²) in [6.45, 7) is 1.53. The van der Waals surface area contributed by atoms with Crippen LogP contribution >= 0.6 is 0 Å². The van der Waals surface area contributed by atoms with Gasteiger partial charge < -0.3 is 4.74 Å². The zero-order chi connectivity index (χ0) is 10.2. The van der Waals surface area contributed by atoms with Gasteiger partial charge in [-0.2, -0.15) is 0 Å². The third-order valence-corrected chi connectivity index (χ3v) is 2.32. The van der Waals surface area contributed by atoms with Crippen molar-refractivity contribution >= 4 is 9.84 Å². The summed E-state index contributed by atoms with van der Waals surface area (Å²) in [7, 11) is -1.25. The normalized spacial score (nSPS) is 11.8. The van der Waals surface area contributed by atoms with Crippen LogP contribution in [0.4, 0.5) is 0 Å². The molecule has 0 aliphatic rings. The lowest BCUT2D eigenvalue weighted by atomic mass is 10.5. The zero-order valence-electron chi connectivity index (χ0n) is 8.08. The Kier molecular flexibility index (Phi) is 7.16. The van der Waals surface area contributed by atoms with Crippen molar-refractivity contribution < 1.29 is 18.0 Å². The second kappa shape index (κ2) is 7.25. The fourth-order valence-corrected chi connectivity index (χ4v) is 1.34. The van der Waals surface area contributed by atoms with Gasteiger partial charge in [0.25, 0.3) is 0 Å². The van der Waals surface area contributed by atoms with E-state index in [0.717, 1.165) is 0 Å². The lowest BCUT2D eigenvalue weighted by Gasteiger charge is -2.04. The van der Waals surface area contributed by atoms with Crippen LogP contribution in [0.5, 0.6) is 0 Å². The third kappa shape index (κ3) is 11.8. The number of ether oxygens (including phenoxy) is 1. The molecule has 0 bridgehead atoms. The SMILES string of the molecule is COCCONCCCS(C)(=O)=O. The molecule has 0 atom stereocenters. The Morgan fingerprint density at radius 3 is 2.54 bits per heavy atom. The highest BCUT2D eigenvalue weighted by atomic mass is 32.2. The van der Waals surface area contributed by atoms with Gasteiger partial charge in [0.15, 0.2) is 0 Å². The van der Waals surface area contributed by atoms with Crippen LogP contribution in [-0.4, -0.2) is 47.3 Å². The number of rotatable bonds is 8. The maximum Gasteiger partial charge on any atom is 0.147 e. The quantitative estimate of drug-likeness (QED) is 0.437. The van der Waals surface area contributed by atoms with Gasteiger partial charge in [-0.25, -0.2) is 13.9 Å². The molecule has 5 nitrogen and oxygen atoms in total. The van der Waals surface area contributed by atoms with E-state index in [0.29, 0.717) is 26.2 Å². The van der Waals surface area contributed by atoms with E-state index < -0.39 is 9.84 Å². The van der Waals surface area contributed by atoms with Crippen LogP contribution in [0.15, 0.2) is 0 Å². The molecule has 0 fully saturated rings. The summed E-state index contributed by atoms with van der Waals surface area (Å²) in [5.74, 6) is 0.188. The lowest BCUT2D eigenvalue weighted by molar-refractivity contribution is 0.00727. The minimum absolute atomic E-state index is 0.188. The van der Waals surface area contributed by atoms with E-state index in [1.54, 1.807) is 7.11 Å². The zero-order valence-corrected chi connectivity index (χ0v) is 8.89. The molecule has 0 aromatic rings. The molecular weight excluding hydrogens is 194 g/mol. The van der Waals surface area contributed by atoms with Crippen LogP contribution in [0.2, 0.25) is 0 Å². The Balaban J connectivity index is 3.09. The summed E-state index contributed by atoms with van der Waals surface area (Å²) in [5.41, 5.74) is 2.65. The first-order chi connectivity index (χ1) is 6.06. The first-order valence-electron chi connectivity index (χ1n) is 4.07. The Hall–Kier alpha value is -0.170. The highest BCUT2D eigenvalue weighted by Crippen LogP contribution is 1.86. The van der Waals surface area contributed by atoms with Gasteiger partial charge >= 0.3 is 0 Å². The van der Waals surface area contributed by atoms with Crippen LogP contribution in [-0.2, 0) is 19.4 Å². The van der Waals surface area contributed by atoms with E-state index in [1.807, 2.05) is 0 Å². The molecule has 0 saturated heterocycles. The number of hydroxylamine groups is 1. The summed E-state index contributed by atoms with van der Waals surface area (Å²) < 4.78 is 26.1. The van der Waals surface area contributed by atoms with Crippen LogP contribution in [0.25, 0.3) is 0 Å². The molecule has 0 aromatic heterocycles. The molecule has 0 aromatic carbocycles.